The number of halogens is 2. The molecule has 1 N–H and O–H groups in total. The molecule has 4 aliphatic carbocycles. The van der Waals surface area contributed by atoms with Crippen molar-refractivity contribution in [3.8, 4) is 0 Å². The van der Waals surface area contributed by atoms with Crippen LogP contribution in [0.15, 0.2) is 72.8 Å². The summed E-state index contributed by atoms with van der Waals surface area (Å²) in [4.78, 5) is 29.9. The standard InChI is InChI=1S/C39H47Cl2N3O4S/c1-4-26(2)42-38(46)36(20-27-9-6-5-7-10-27)43(24-33-34(40)11-8-12-35(33)41)37(45)25-44(49(3,47)48)32-15-13-31(14-16-32)39-21-28-17-29(22-39)19-30(18-28)23-39/h5-16,26,28-30,36H,4,17-25H2,1-3H3,(H,42,46)/t26-,28?,29?,30?,36-,39?/m1/s1. The molecule has 0 unspecified atom stereocenters. The van der Waals surface area contributed by atoms with Gasteiger partial charge in [-0.2, -0.15) is 0 Å². The number of nitrogens with one attached hydrogen (secondary N) is 1. The summed E-state index contributed by atoms with van der Waals surface area (Å²) < 4.78 is 27.9. The van der Waals surface area contributed by atoms with Gasteiger partial charge in [-0.15, -0.1) is 0 Å². The Balaban J connectivity index is 1.33. The fraction of sp³-hybridized carbons (Fsp3) is 0.487. The SMILES string of the molecule is CC[C@@H](C)NC(=O)[C@@H](Cc1ccccc1)N(Cc1c(Cl)cccc1Cl)C(=O)CN(c1ccc(C23CC4CC(CC(C4)C2)C3)cc1)S(C)(=O)=O. The van der Waals surface area contributed by atoms with Gasteiger partial charge in [-0.1, -0.05) is 78.7 Å². The number of benzene rings is 3. The monoisotopic (exact) mass is 723 g/mol. The first kappa shape index (κ1) is 35.7. The third-order valence-electron chi connectivity index (χ3n) is 11.1. The molecule has 0 radical (unpaired) electrons. The minimum absolute atomic E-state index is 0.0780. The normalized spacial score (nSPS) is 23.9. The van der Waals surface area contributed by atoms with E-state index in [-0.39, 0.29) is 30.3 Å². The average Bonchev–Trinajstić information content (AvgIpc) is 3.05. The largest absolute Gasteiger partial charge is 0.352 e. The minimum Gasteiger partial charge on any atom is -0.352 e. The summed E-state index contributed by atoms with van der Waals surface area (Å²) in [5.41, 5.74) is 3.20. The van der Waals surface area contributed by atoms with Gasteiger partial charge in [0.1, 0.15) is 12.6 Å². The Morgan fingerprint density at radius 2 is 1.45 bits per heavy atom. The Morgan fingerprint density at radius 3 is 1.98 bits per heavy atom. The van der Waals surface area contributed by atoms with Crippen LogP contribution < -0.4 is 9.62 Å². The molecule has 0 aliphatic heterocycles. The molecule has 3 aromatic rings. The number of rotatable bonds is 13. The number of carbonyl (C=O) groups excluding carboxylic acids is 2. The molecule has 2 atom stereocenters. The van der Waals surface area contributed by atoms with Crippen molar-refractivity contribution in [1.29, 1.82) is 0 Å². The van der Waals surface area contributed by atoms with Crippen LogP contribution in [0, 0.1) is 17.8 Å². The molecule has 0 heterocycles. The maximum Gasteiger partial charge on any atom is 0.244 e. The number of hydrogen-bond donors (Lipinski definition) is 1. The average molecular weight is 725 g/mol. The number of hydrogen-bond acceptors (Lipinski definition) is 4. The second-order valence-corrected chi connectivity index (χ2v) is 17.5. The summed E-state index contributed by atoms with van der Waals surface area (Å²) in [7, 11) is -3.89. The van der Waals surface area contributed by atoms with E-state index in [1.807, 2.05) is 56.3 Å². The molecule has 4 aliphatic rings. The van der Waals surface area contributed by atoms with Crippen molar-refractivity contribution in [3.63, 3.8) is 0 Å². The van der Waals surface area contributed by atoms with Crippen LogP contribution in [0.5, 0.6) is 0 Å². The van der Waals surface area contributed by atoms with E-state index in [0.717, 1.165) is 33.9 Å². The first-order chi connectivity index (χ1) is 23.3. The highest BCUT2D eigenvalue weighted by atomic mass is 35.5. The number of amides is 2. The smallest absolute Gasteiger partial charge is 0.244 e. The lowest BCUT2D eigenvalue weighted by atomic mass is 9.48. The molecule has 4 fully saturated rings. The fourth-order valence-corrected chi connectivity index (χ4v) is 10.3. The highest BCUT2D eigenvalue weighted by Gasteiger charge is 2.51. The van der Waals surface area contributed by atoms with E-state index in [1.165, 1.54) is 49.0 Å². The summed E-state index contributed by atoms with van der Waals surface area (Å²) >= 11 is 13.2. The maximum atomic E-state index is 14.5. The van der Waals surface area contributed by atoms with Crippen molar-refractivity contribution in [1.82, 2.24) is 10.2 Å². The van der Waals surface area contributed by atoms with E-state index in [1.54, 1.807) is 18.2 Å². The van der Waals surface area contributed by atoms with E-state index in [0.29, 0.717) is 27.7 Å². The molecule has 0 aromatic heterocycles. The third kappa shape index (κ3) is 7.97. The van der Waals surface area contributed by atoms with Crippen LogP contribution in [0.25, 0.3) is 0 Å². The second-order valence-electron chi connectivity index (χ2n) is 14.8. The van der Waals surface area contributed by atoms with Crippen LogP contribution in [0.4, 0.5) is 5.69 Å². The minimum atomic E-state index is -3.89. The zero-order valence-corrected chi connectivity index (χ0v) is 30.9. The zero-order valence-electron chi connectivity index (χ0n) is 28.6. The van der Waals surface area contributed by atoms with Crippen LogP contribution >= 0.6 is 23.2 Å². The molecule has 10 heteroatoms. The van der Waals surface area contributed by atoms with Gasteiger partial charge >= 0.3 is 0 Å². The molecule has 0 spiro atoms. The van der Waals surface area contributed by atoms with Gasteiger partial charge in [0, 0.05) is 34.6 Å². The molecular formula is C39H47Cl2N3O4S. The van der Waals surface area contributed by atoms with Gasteiger partial charge in [0.05, 0.1) is 11.9 Å². The van der Waals surface area contributed by atoms with Crippen molar-refractivity contribution in [3.05, 3.63) is 99.5 Å². The molecule has 7 nitrogen and oxygen atoms in total. The van der Waals surface area contributed by atoms with E-state index < -0.39 is 28.5 Å². The summed E-state index contributed by atoms with van der Waals surface area (Å²) in [6.07, 6.45) is 9.67. The quantitative estimate of drug-likeness (QED) is 0.195. The van der Waals surface area contributed by atoms with Crippen LogP contribution in [0.3, 0.4) is 0 Å². The van der Waals surface area contributed by atoms with Crippen molar-refractivity contribution in [2.24, 2.45) is 17.8 Å². The highest BCUT2D eigenvalue weighted by Crippen LogP contribution is 2.60. The highest BCUT2D eigenvalue weighted by molar-refractivity contribution is 7.92. The molecule has 3 aromatic carbocycles. The van der Waals surface area contributed by atoms with Gasteiger partial charge in [-0.25, -0.2) is 8.42 Å². The molecule has 7 rings (SSSR count). The predicted octanol–water partition coefficient (Wildman–Crippen LogP) is 7.78. The Morgan fingerprint density at radius 1 is 0.878 bits per heavy atom. The van der Waals surface area contributed by atoms with Gasteiger partial charge in [-0.05, 0) is 110 Å². The first-order valence-corrected chi connectivity index (χ1v) is 20.1. The van der Waals surface area contributed by atoms with Crippen molar-refractivity contribution in [2.45, 2.75) is 89.3 Å². The van der Waals surface area contributed by atoms with Crippen molar-refractivity contribution in [2.75, 3.05) is 17.1 Å². The van der Waals surface area contributed by atoms with E-state index in [9.17, 15) is 18.0 Å². The van der Waals surface area contributed by atoms with Crippen molar-refractivity contribution >= 4 is 50.7 Å². The molecule has 4 bridgehead atoms. The summed E-state index contributed by atoms with van der Waals surface area (Å²) in [6, 6.07) is 21.3. The molecular weight excluding hydrogens is 677 g/mol. The van der Waals surface area contributed by atoms with Crippen LogP contribution in [-0.2, 0) is 38.0 Å². The Labute approximate surface area is 301 Å². The van der Waals surface area contributed by atoms with Gasteiger partial charge in [0.25, 0.3) is 0 Å². The van der Waals surface area contributed by atoms with Gasteiger partial charge in [0.15, 0.2) is 0 Å². The van der Waals surface area contributed by atoms with Gasteiger partial charge in [-0.3, -0.25) is 13.9 Å². The van der Waals surface area contributed by atoms with E-state index in [4.69, 9.17) is 23.2 Å². The molecule has 49 heavy (non-hydrogen) atoms. The first-order valence-electron chi connectivity index (χ1n) is 17.5. The third-order valence-corrected chi connectivity index (χ3v) is 13.0. The van der Waals surface area contributed by atoms with Crippen LogP contribution in [0.2, 0.25) is 10.0 Å². The lowest BCUT2D eigenvalue weighted by Gasteiger charge is -2.57. The Hall–Kier alpha value is -3.07. The van der Waals surface area contributed by atoms with Gasteiger partial charge in [0.2, 0.25) is 21.8 Å². The molecule has 4 saturated carbocycles. The lowest BCUT2D eigenvalue weighted by molar-refractivity contribution is -0.140. The molecule has 262 valence electrons. The predicted molar refractivity (Wildman–Crippen MR) is 197 cm³/mol. The zero-order chi connectivity index (χ0) is 34.9. The number of sulfonamides is 1. The summed E-state index contributed by atoms with van der Waals surface area (Å²) in [6.45, 7) is 3.32. The van der Waals surface area contributed by atoms with E-state index in [2.05, 4.69) is 17.4 Å². The van der Waals surface area contributed by atoms with Crippen LogP contribution in [0.1, 0.15) is 75.5 Å². The summed E-state index contributed by atoms with van der Waals surface area (Å²) in [5.74, 6) is 1.49. The fourth-order valence-electron chi connectivity index (χ4n) is 8.91. The van der Waals surface area contributed by atoms with Crippen molar-refractivity contribution < 1.29 is 18.0 Å². The Bertz CT molecular complexity index is 1710. The summed E-state index contributed by atoms with van der Waals surface area (Å²) in [5, 5.41) is 3.75. The lowest BCUT2D eigenvalue weighted by Crippen LogP contribution is -2.54. The molecule has 2 amide bonds. The molecule has 0 saturated heterocycles. The topological polar surface area (TPSA) is 86.8 Å². The van der Waals surface area contributed by atoms with Gasteiger partial charge < -0.3 is 10.2 Å². The number of carbonyl (C=O) groups is 2. The Kier molecular flexibility index (Phi) is 10.7. The maximum absolute atomic E-state index is 14.5. The van der Waals surface area contributed by atoms with E-state index >= 15 is 0 Å². The number of nitrogens with zero attached hydrogens (tertiary/aromatic N) is 2. The number of anilines is 1. The van der Waals surface area contributed by atoms with Crippen LogP contribution in [-0.4, -0.2) is 50.0 Å². The second kappa shape index (κ2) is 14.7.